The number of aliphatic hydroxyl groups excluding tert-OH is 1. The largest absolute Gasteiger partial charge is 0.387 e. The molecular weight excluding hydrogens is 248 g/mol. The Balaban J connectivity index is 2.01. The zero-order valence-electron chi connectivity index (χ0n) is 11.3. The van der Waals surface area contributed by atoms with Crippen molar-refractivity contribution in [2.75, 3.05) is 13.1 Å². The number of nitrogens with zero attached hydrogens (tertiary/aromatic N) is 1. The molecule has 1 N–H and O–H groups in total. The lowest BCUT2D eigenvalue weighted by molar-refractivity contribution is 0.0911. The second kappa shape index (κ2) is 6.44. The molecule has 1 atom stereocenters. The molecule has 0 amide bonds. The van der Waals surface area contributed by atoms with Gasteiger partial charge in [0.25, 0.3) is 0 Å². The van der Waals surface area contributed by atoms with Gasteiger partial charge in [-0.15, -0.1) is 0 Å². The standard InChI is InChI=1S/C15H21F2NO/c1-2-18(12-5-3-4-6-12)10-15(19)11-7-8-13(16)14(17)9-11/h7-9,12,15,19H,2-6,10H2,1H3. The van der Waals surface area contributed by atoms with Crippen LogP contribution in [-0.2, 0) is 0 Å². The Kier molecular flexibility index (Phi) is 4.88. The minimum atomic E-state index is -0.902. The summed E-state index contributed by atoms with van der Waals surface area (Å²) in [5.74, 6) is -1.78. The van der Waals surface area contributed by atoms with Crippen LogP contribution in [0.2, 0.25) is 0 Å². The van der Waals surface area contributed by atoms with Crippen molar-refractivity contribution in [2.24, 2.45) is 0 Å². The van der Waals surface area contributed by atoms with Crippen molar-refractivity contribution in [3.8, 4) is 0 Å². The van der Waals surface area contributed by atoms with Crippen LogP contribution in [0.5, 0.6) is 0 Å². The maximum Gasteiger partial charge on any atom is 0.159 e. The van der Waals surface area contributed by atoms with Crippen molar-refractivity contribution >= 4 is 0 Å². The van der Waals surface area contributed by atoms with E-state index in [0.29, 0.717) is 18.2 Å². The molecule has 0 heterocycles. The Labute approximate surface area is 113 Å². The summed E-state index contributed by atoms with van der Waals surface area (Å²) in [5, 5.41) is 10.2. The first-order valence-corrected chi connectivity index (χ1v) is 6.99. The highest BCUT2D eigenvalue weighted by Gasteiger charge is 2.24. The molecule has 1 aromatic carbocycles. The highest BCUT2D eigenvalue weighted by molar-refractivity contribution is 5.20. The van der Waals surface area contributed by atoms with Gasteiger partial charge in [0.05, 0.1) is 6.10 Å². The number of rotatable bonds is 5. The number of halogens is 2. The highest BCUT2D eigenvalue weighted by Crippen LogP contribution is 2.25. The zero-order chi connectivity index (χ0) is 13.8. The molecule has 1 aromatic rings. The van der Waals surface area contributed by atoms with Crippen LogP contribution in [0.15, 0.2) is 18.2 Å². The van der Waals surface area contributed by atoms with Crippen molar-refractivity contribution in [3.63, 3.8) is 0 Å². The number of hydrogen-bond acceptors (Lipinski definition) is 2. The fraction of sp³-hybridized carbons (Fsp3) is 0.600. The minimum absolute atomic E-state index is 0.440. The third-order valence-electron chi connectivity index (χ3n) is 3.98. The molecule has 2 rings (SSSR count). The summed E-state index contributed by atoms with van der Waals surface area (Å²) in [6, 6.07) is 4.12. The summed E-state index contributed by atoms with van der Waals surface area (Å²) in [6.07, 6.45) is 4.04. The Morgan fingerprint density at radius 1 is 1.26 bits per heavy atom. The summed E-state index contributed by atoms with van der Waals surface area (Å²) in [4.78, 5) is 2.24. The van der Waals surface area contributed by atoms with Crippen LogP contribution in [0.25, 0.3) is 0 Å². The monoisotopic (exact) mass is 269 g/mol. The molecule has 0 aromatic heterocycles. The molecule has 1 unspecified atom stereocenters. The average Bonchev–Trinajstić information content (AvgIpc) is 2.92. The van der Waals surface area contributed by atoms with E-state index >= 15 is 0 Å². The van der Waals surface area contributed by atoms with E-state index in [9.17, 15) is 13.9 Å². The molecular formula is C15H21F2NO. The topological polar surface area (TPSA) is 23.5 Å². The average molecular weight is 269 g/mol. The van der Waals surface area contributed by atoms with Crippen molar-refractivity contribution in [1.29, 1.82) is 0 Å². The van der Waals surface area contributed by atoms with Gasteiger partial charge in [-0.25, -0.2) is 8.78 Å². The van der Waals surface area contributed by atoms with Gasteiger partial charge in [-0.1, -0.05) is 25.8 Å². The van der Waals surface area contributed by atoms with Crippen molar-refractivity contribution in [2.45, 2.75) is 44.8 Å². The van der Waals surface area contributed by atoms with Crippen LogP contribution in [0, 0.1) is 11.6 Å². The van der Waals surface area contributed by atoms with Gasteiger partial charge in [-0.05, 0) is 37.1 Å². The summed E-state index contributed by atoms with van der Waals surface area (Å²) in [7, 11) is 0. The van der Waals surface area contributed by atoms with E-state index in [0.717, 1.165) is 18.7 Å². The molecule has 4 heteroatoms. The highest BCUT2D eigenvalue weighted by atomic mass is 19.2. The maximum atomic E-state index is 13.2. The molecule has 1 saturated carbocycles. The zero-order valence-corrected chi connectivity index (χ0v) is 11.3. The van der Waals surface area contributed by atoms with Crippen LogP contribution in [0.3, 0.4) is 0 Å². The summed E-state index contributed by atoms with van der Waals surface area (Å²) in [5.41, 5.74) is 0.440. The molecule has 0 bridgehead atoms. The molecule has 0 spiro atoms. The lowest BCUT2D eigenvalue weighted by Gasteiger charge is -2.29. The Morgan fingerprint density at radius 2 is 1.95 bits per heavy atom. The lowest BCUT2D eigenvalue weighted by atomic mass is 10.1. The van der Waals surface area contributed by atoms with E-state index in [-0.39, 0.29) is 0 Å². The number of likely N-dealkylation sites (N-methyl/N-ethyl adjacent to an activating group) is 1. The van der Waals surface area contributed by atoms with Crippen molar-refractivity contribution in [1.82, 2.24) is 4.90 Å². The first kappa shape index (κ1) is 14.4. The second-order valence-corrected chi connectivity index (χ2v) is 5.22. The number of aliphatic hydroxyl groups is 1. The van der Waals surface area contributed by atoms with Gasteiger partial charge in [0.15, 0.2) is 11.6 Å². The Hall–Kier alpha value is -1.00. The first-order chi connectivity index (χ1) is 9.11. The third-order valence-corrected chi connectivity index (χ3v) is 3.98. The third kappa shape index (κ3) is 3.51. The SMILES string of the molecule is CCN(CC(O)c1ccc(F)c(F)c1)C1CCCC1. The molecule has 0 aliphatic heterocycles. The summed E-state index contributed by atoms with van der Waals surface area (Å²) >= 11 is 0. The van der Waals surface area contributed by atoms with Crippen LogP contribution in [0.4, 0.5) is 8.78 Å². The van der Waals surface area contributed by atoms with Gasteiger partial charge in [-0.3, -0.25) is 4.90 Å². The molecule has 106 valence electrons. The number of hydrogen-bond donors (Lipinski definition) is 1. The molecule has 0 radical (unpaired) electrons. The van der Waals surface area contributed by atoms with Gasteiger partial charge in [0, 0.05) is 12.6 Å². The van der Waals surface area contributed by atoms with E-state index in [4.69, 9.17) is 0 Å². The molecule has 1 fully saturated rings. The molecule has 1 aliphatic carbocycles. The van der Waals surface area contributed by atoms with E-state index in [2.05, 4.69) is 11.8 Å². The Bertz CT molecular complexity index is 419. The van der Waals surface area contributed by atoms with Crippen molar-refractivity contribution < 1.29 is 13.9 Å². The van der Waals surface area contributed by atoms with Gasteiger partial charge < -0.3 is 5.11 Å². The van der Waals surface area contributed by atoms with Gasteiger partial charge in [0.2, 0.25) is 0 Å². The predicted molar refractivity (Wildman–Crippen MR) is 70.8 cm³/mol. The van der Waals surface area contributed by atoms with E-state index < -0.39 is 17.7 Å². The maximum absolute atomic E-state index is 13.2. The van der Waals surface area contributed by atoms with Crippen LogP contribution in [-0.4, -0.2) is 29.1 Å². The smallest absolute Gasteiger partial charge is 0.159 e. The molecule has 2 nitrogen and oxygen atoms in total. The molecule has 19 heavy (non-hydrogen) atoms. The van der Waals surface area contributed by atoms with Crippen LogP contribution in [0.1, 0.15) is 44.3 Å². The quantitative estimate of drug-likeness (QED) is 0.887. The molecule has 0 saturated heterocycles. The van der Waals surface area contributed by atoms with Gasteiger partial charge in [-0.2, -0.15) is 0 Å². The fourth-order valence-electron chi connectivity index (χ4n) is 2.85. The predicted octanol–water partition coefficient (Wildman–Crippen LogP) is 3.26. The van der Waals surface area contributed by atoms with Crippen LogP contribution < -0.4 is 0 Å². The first-order valence-electron chi connectivity index (χ1n) is 6.99. The molecule has 1 aliphatic rings. The Morgan fingerprint density at radius 3 is 2.53 bits per heavy atom. The van der Waals surface area contributed by atoms with Gasteiger partial charge >= 0.3 is 0 Å². The second-order valence-electron chi connectivity index (χ2n) is 5.22. The van der Waals surface area contributed by atoms with E-state index in [1.807, 2.05) is 0 Å². The van der Waals surface area contributed by atoms with E-state index in [1.165, 1.54) is 31.7 Å². The lowest BCUT2D eigenvalue weighted by Crippen LogP contribution is -2.36. The fourth-order valence-corrected chi connectivity index (χ4v) is 2.85. The van der Waals surface area contributed by atoms with Crippen LogP contribution >= 0.6 is 0 Å². The number of benzene rings is 1. The minimum Gasteiger partial charge on any atom is -0.387 e. The van der Waals surface area contributed by atoms with Crippen molar-refractivity contribution in [3.05, 3.63) is 35.4 Å². The van der Waals surface area contributed by atoms with Gasteiger partial charge in [0.1, 0.15) is 0 Å². The summed E-state index contributed by atoms with van der Waals surface area (Å²) < 4.78 is 26.0. The summed E-state index contributed by atoms with van der Waals surface area (Å²) in [6.45, 7) is 3.41. The normalized spacial score (nSPS) is 18.2. The van der Waals surface area contributed by atoms with E-state index in [1.54, 1.807) is 0 Å².